The Morgan fingerprint density at radius 1 is 1.24 bits per heavy atom. The number of hydrogen-bond acceptors (Lipinski definition) is 5. The first-order chi connectivity index (χ1) is 13.8. The van der Waals surface area contributed by atoms with Crippen LogP contribution in [0.3, 0.4) is 0 Å². The lowest BCUT2D eigenvalue weighted by atomic mass is 9.96. The fourth-order valence-electron chi connectivity index (χ4n) is 3.05. The largest absolute Gasteiger partial charge is 0.855 e. The van der Waals surface area contributed by atoms with Crippen molar-refractivity contribution < 1.29 is 23.1 Å². The molecule has 0 spiro atoms. The Labute approximate surface area is 167 Å². The zero-order valence-corrected chi connectivity index (χ0v) is 16.1. The van der Waals surface area contributed by atoms with Crippen LogP contribution in [0, 0.1) is 5.92 Å². The van der Waals surface area contributed by atoms with Crippen LogP contribution in [-0.4, -0.2) is 36.8 Å². The highest BCUT2D eigenvalue weighted by atomic mass is 19.4. The number of nitrogen functional groups attached to an aromatic ring is 1. The van der Waals surface area contributed by atoms with Gasteiger partial charge in [0.05, 0.1) is 17.2 Å². The predicted octanol–water partition coefficient (Wildman–Crippen LogP) is 3.06. The summed E-state index contributed by atoms with van der Waals surface area (Å²) in [5.41, 5.74) is 7.15. The van der Waals surface area contributed by atoms with Crippen molar-refractivity contribution >= 4 is 23.1 Å². The lowest BCUT2D eigenvalue weighted by molar-refractivity contribution is -0.361. The Balaban J connectivity index is 0.000000941. The van der Waals surface area contributed by atoms with Gasteiger partial charge < -0.3 is 21.1 Å². The van der Waals surface area contributed by atoms with Gasteiger partial charge in [-0.05, 0) is 31.0 Å². The standard InChI is InChI=1S/C18H19F3N4O.C2H5O/c19-18(20,21)12-7-10-25(11-8-12)16-15(22)14(6-9-23-16)17(26)24-13-4-2-1-3-5-13;1-2-3/h1-6,9,12H,7-8,10-11,22H2,(H,24,26);2H2,1H3/q;-1. The van der Waals surface area contributed by atoms with Crippen molar-refractivity contribution in [3.8, 4) is 0 Å². The molecule has 0 unspecified atom stereocenters. The molecule has 29 heavy (non-hydrogen) atoms. The van der Waals surface area contributed by atoms with Crippen molar-refractivity contribution in [2.45, 2.75) is 25.9 Å². The average Bonchev–Trinajstić information content (AvgIpc) is 2.69. The van der Waals surface area contributed by atoms with Crippen LogP contribution in [0.25, 0.3) is 0 Å². The number of anilines is 3. The molecule has 1 aromatic carbocycles. The van der Waals surface area contributed by atoms with Crippen LogP contribution in [-0.2, 0) is 0 Å². The molecular formula is C20H24F3N4O2-. The number of alkyl halides is 3. The molecule has 1 amide bonds. The lowest BCUT2D eigenvalue weighted by Crippen LogP contribution is -2.39. The van der Waals surface area contributed by atoms with E-state index in [1.165, 1.54) is 12.3 Å². The zero-order valence-electron chi connectivity index (χ0n) is 16.1. The minimum atomic E-state index is -4.18. The van der Waals surface area contributed by atoms with E-state index < -0.39 is 12.1 Å². The molecule has 1 aliphatic rings. The number of amides is 1. The number of para-hydroxylation sites is 1. The summed E-state index contributed by atoms with van der Waals surface area (Å²) in [6.07, 6.45) is -2.75. The highest BCUT2D eigenvalue weighted by molar-refractivity contribution is 6.09. The quantitative estimate of drug-likeness (QED) is 0.813. The Morgan fingerprint density at radius 2 is 1.83 bits per heavy atom. The summed E-state index contributed by atoms with van der Waals surface area (Å²) in [5, 5.41) is 11.7. The summed E-state index contributed by atoms with van der Waals surface area (Å²) in [6, 6.07) is 10.4. The van der Waals surface area contributed by atoms with Crippen LogP contribution in [0.2, 0.25) is 0 Å². The summed E-state index contributed by atoms with van der Waals surface area (Å²) in [6.45, 7) is 1.97. The molecule has 1 aliphatic heterocycles. The van der Waals surface area contributed by atoms with Gasteiger partial charge in [-0.1, -0.05) is 25.1 Å². The highest BCUT2D eigenvalue weighted by Crippen LogP contribution is 2.36. The summed E-state index contributed by atoms with van der Waals surface area (Å²) in [4.78, 5) is 18.4. The fraction of sp³-hybridized carbons (Fsp3) is 0.400. The number of nitrogens with one attached hydrogen (secondary N) is 1. The van der Waals surface area contributed by atoms with Crippen molar-refractivity contribution in [3.63, 3.8) is 0 Å². The third-order valence-electron chi connectivity index (χ3n) is 4.50. The van der Waals surface area contributed by atoms with Crippen molar-refractivity contribution in [2.75, 3.05) is 35.6 Å². The molecule has 2 aromatic rings. The van der Waals surface area contributed by atoms with Gasteiger partial charge in [0.2, 0.25) is 0 Å². The molecule has 3 rings (SSSR count). The number of piperidine rings is 1. The van der Waals surface area contributed by atoms with Crippen LogP contribution >= 0.6 is 0 Å². The van der Waals surface area contributed by atoms with Crippen LogP contribution < -0.4 is 21.1 Å². The van der Waals surface area contributed by atoms with Gasteiger partial charge in [0, 0.05) is 25.0 Å². The van der Waals surface area contributed by atoms with Gasteiger partial charge in [-0.3, -0.25) is 4.79 Å². The molecule has 1 aromatic heterocycles. The third-order valence-corrected chi connectivity index (χ3v) is 4.50. The van der Waals surface area contributed by atoms with Gasteiger partial charge in [-0.25, -0.2) is 4.98 Å². The second-order valence-corrected chi connectivity index (χ2v) is 6.51. The molecule has 3 N–H and O–H groups in total. The van der Waals surface area contributed by atoms with Gasteiger partial charge in [0.1, 0.15) is 0 Å². The van der Waals surface area contributed by atoms with Crippen LogP contribution in [0.5, 0.6) is 0 Å². The molecule has 0 radical (unpaired) electrons. The molecule has 158 valence electrons. The van der Waals surface area contributed by atoms with Crippen LogP contribution in [0.15, 0.2) is 42.6 Å². The maximum absolute atomic E-state index is 12.8. The van der Waals surface area contributed by atoms with Crippen molar-refractivity contribution in [2.24, 2.45) is 5.92 Å². The molecule has 1 fully saturated rings. The van der Waals surface area contributed by atoms with E-state index >= 15 is 0 Å². The maximum atomic E-state index is 12.8. The number of rotatable bonds is 3. The maximum Gasteiger partial charge on any atom is 0.391 e. The number of aromatic nitrogens is 1. The normalized spacial score (nSPS) is 14.7. The van der Waals surface area contributed by atoms with Crippen LogP contribution in [0.4, 0.5) is 30.4 Å². The fourth-order valence-corrected chi connectivity index (χ4v) is 3.05. The van der Waals surface area contributed by atoms with E-state index in [0.717, 1.165) is 0 Å². The molecule has 0 atom stereocenters. The molecule has 6 nitrogen and oxygen atoms in total. The number of carbonyl (C=O) groups excluding carboxylic acids is 1. The monoisotopic (exact) mass is 409 g/mol. The minimum absolute atomic E-state index is 0. The first-order valence-corrected chi connectivity index (χ1v) is 9.28. The number of pyridine rings is 1. The topological polar surface area (TPSA) is 94.3 Å². The Bertz CT molecular complexity index is 792. The average molecular weight is 409 g/mol. The Morgan fingerprint density at radius 3 is 2.38 bits per heavy atom. The highest BCUT2D eigenvalue weighted by Gasteiger charge is 2.41. The first-order valence-electron chi connectivity index (χ1n) is 9.28. The lowest BCUT2D eigenvalue weighted by Gasteiger charge is -2.34. The van der Waals surface area contributed by atoms with Gasteiger partial charge >= 0.3 is 6.18 Å². The van der Waals surface area contributed by atoms with Crippen molar-refractivity contribution in [1.82, 2.24) is 4.98 Å². The van der Waals surface area contributed by atoms with E-state index in [1.54, 1.807) is 36.1 Å². The molecular weight excluding hydrogens is 385 g/mol. The van der Waals surface area contributed by atoms with Crippen molar-refractivity contribution in [1.29, 1.82) is 0 Å². The molecule has 1 saturated heterocycles. The summed E-state index contributed by atoms with van der Waals surface area (Å²) < 4.78 is 38.4. The van der Waals surface area contributed by atoms with E-state index in [2.05, 4.69) is 10.3 Å². The number of carbonyl (C=O) groups is 1. The van der Waals surface area contributed by atoms with E-state index in [1.807, 2.05) is 6.07 Å². The van der Waals surface area contributed by atoms with Gasteiger partial charge in [-0.15, -0.1) is 6.61 Å². The third kappa shape index (κ3) is 6.08. The molecule has 9 heteroatoms. The second-order valence-electron chi connectivity index (χ2n) is 6.51. The number of nitrogens with zero attached hydrogens (tertiary/aromatic N) is 2. The SMILES string of the molecule is CC[O-].Nc1c(C(=O)Nc2ccccc2)ccnc1N1CCC(C(F)(F)F)CC1. The summed E-state index contributed by atoms with van der Waals surface area (Å²) in [7, 11) is 0. The van der Waals surface area contributed by atoms with Crippen LogP contribution in [0.1, 0.15) is 30.1 Å². The Hall–Kier alpha value is -2.81. The molecule has 0 saturated carbocycles. The number of hydrogen-bond donors (Lipinski definition) is 2. The van der Waals surface area contributed by atoms with E-state index in [4.69, 9.17) is 10.8 Å². The summed E-state index contributed by atoms with van der Waals surface area (Å²) in [5.74, 6) is -1.33. The smallest absolute Gasteiger partial charge is 0.391 e. The van der Waals surface area contributed by atoms with Gasteiger partial charge in [0.25, 0.3) is 5.91 Å². The first kappa shape index (κ1) is 22.5. The number of nitrogens with two attached hydrogens (primary N) is 1. The van der Waals surface area contributed by atoms with Gasteiger partial charge in [-0.2, -0.15) is 13.2 Å². The van der Waals surface area contributed by atoms with E-state index in [-0.39, 0.29) is 49.7 Å². The molecule has 2 heterocycles. The van der Waals surface area contributed by atoms with Gasteiger partial charge in [0.15, 0.2) is 5.82 Å². The van der Waals surface area contributed by atoms with Crippen molar-refractivity contribution in [3.05, 3.63) is 48.2 Å². The summed E-state index contributed by atoms with van der Waals surface area (Å²) >= 11 is 0. The second kappa shape index (κ2) is 10.1. The number of halogens is 3. The molecule has 0 aliphatic carbocycles. The molecule has 0 bridgehead atoms. The Kier molecular flexibility index (Phi) is 7.83. The zero-order chi connectivity index (χ0) is 21.4. The predicted molar refractivity (Wildman–Crippen MR) is 105 cm³/mol. The number of benzene rings is 1. The minimum Gasteiger partial charge on any atom is -0.855 e. The van der Waals surface area contributed by atoms with E-state index in [0.29, 0.717) is 11.5 Å². The van der Waals surface area contributed by atoms with E-state index in [9.17, 15) is 18.0 Å².